The van der Waals surface area contributed by atoms with Crippen LogP contribution in [0.3, 0.4) is 0 Å². The summed E-state index contributed by atoms with van der Waals surface area (Å²) in [4.78, 5) is 38.8. The van der Waals surface area contributed by atoms with E-state index in [-0.39, 0.29) is 18.4 Å². The van der Waals surface area contributed by atoms with Gasteiger partial charge in [0.1, 0.15) is 17.0 Å². The number of hydrogen-bond donors (Lipinski definition) is 1. The molecule has 27 heavy (non-hydrogen) atoms. The van der Waals surface area contributed by atoms with Crippen molar-refractivity contribution in [1.82, 2.24) is 19.8 Å². The number of rotatable bonds is 4. The van der Waals surface area contributed by atoms with Crippen molar-refractivity contribution in [3.05, 3.63) is 41.4 Å². The van der Waals surface area contributed by atoms with Gasteiger partial charge in [-0.25, -0.2) is 9.97 Å². The van der Waals surface area contributed by atoms with E-state index in [1.165, 1.54) is 12.6 Å². The van der Waals surface area contributed by atoms with Crippen molar-refractivity contribution in [3.63, 3.8) is 0 Å². The fraction of sp³-hybridized carbons (Fsp3) is 0.333. The summed E-state index contributed by atoms with van der Waals surface area (Å²) in [5, 5.41) is 4.06. The van der Waals surface area contributed by atoms with E-state index < -0.39 is 0 Å². The number of nitrogens with one attached hydrogen (secondary N) is 1. The molecule has 1 N–H and O–H groups in total. The molecular formula is C18H19N5O3S. The first-order valence-corrected chi connectivity index (χ1v) is 9.49. The maximum atomic E-state index is 12.5. The first kappa shape index (κ1) is 17.5. The quantitative estimate of drug-likeness (QED) is 0.738. The first-order valence-electron chi connectivity index (χ1n) is 8.67. The van der Waals surface area contributed by atoms with Crippen LogP contribution in [0.25, 0.3) is 10.2 Å². The Bertz CT molecular complexity index is 961. The molecule has 0 aliphatic carbocycles. The molecule has 0 atom stereocenters. The van der Waals surface area contributed by atoms with Crippen molar-refractivity contribution in [2.45, 2.75) is 6.92 Å². The number of carbonyl (C=O) groups is 2. The third-order valence-electron chi connectivity index (χ3n) is 4.51. The fourth-order valence-corrected chi connectivity index (χ4v) is 3.95. The minimum Gasteiger partial charge on any atom is -0.459 e. The maximum Gasteiger partial charge on any atom is 0.289 e. The summed E-state index contributed by atoms with van der Waals surface area (Å²) < 4.78 is 5.15. The number of aromatic nitrogens is 2. The van der Waals surface area contributed by atoms with Gasteiger partial charge in [0.05, 0.1) is 18.2 Å². The lowest BCUT2D eigenvalue weighted by Crippen LogP contribution is -2.51. The van der Waals surface area contributed by atoms with Crippen molar-refractivity contribution in [3.8, 4) is 0 Å². The molecule has 3 aromatic heterocycles. The average molecular weight is 385 g/mol. The summed E-state index contributed by atoms with van der Waals surface area (Å²) in [6, 6.07) is 5.36. The average Bonchev–Trinajstić information content (AvgIpc) is 3.34. The second-order valence-corrected chi connectivity index (χ2v) is 7.54. The molecule has 4 rings (SSSR count). The van der Waals surface area contributed by atoms with Gasteiger partial charge < -0.3 is 19.5 Å². The molecule has 140 valence electrons. The Morgan fingerprint density at radius 3 is 2.74 bits per heavy atom. The molecule has 1 fully saturated rings. The molecule has 0 bridgehead atoms. The largest absolute Gasteiger partial charge is 0.459 e. The number of carbonyl (C=O) groups excluding carboxylic acids is 2. The second kappa shape index (κ2) is 7.36. The van der Waals surface area contributed by atoms with Crippen LogP contribution in [0, 0.1) is 6.92 Å². The van der Waals surface area contributed by atoms with Crippen molar-refractivity contribution in [1.29, 1.82) is 0 Å². The molecule has 0 saturated carbocycles. The van der Waals surface area contributed by atoms with Crippen LogP contribution in [-0.4, -0.2) is 64.3 Å². The zero-order chi connectivity index (χ0) is 18.8. The summed E-state index contributed by atoms with van der Waals surface area (Å²) >= 11 is 1.60. The molecule has 1 aliphatic rings. The lowest BCUT2D eigenvalue weighted by atomic mass is 10.2. The fourth-order valence-electron chi connectivity index (χ4n) is 3.10. The van der Waals surface area contributed by atoms with Gasteiger partial charge in [-0.1, -0.05) is 0 Å². The van der Waals surface area contributed by atoms with Crippen LogP contribution in [0.1, 0.15) is 15.4 Å². The summed E-state index contributed by atoms with van der Waals surface area (Å²) in [6.07, 6.45) is 2.99. The Hall–Kier alpha value is -2.94. The molecule has 1 saturated heterocycles. The minimum atomic E-state index is -0.138. The van der Waals surface area contributed by atoms with Gasteiger partial charge in [0, 0.05) is 31.1 Å². The minimum absolute atomic E-state index is 0.0150. The van der Waals surface area contributed by atoms with Gasteiger partial charge in [-0.3, -0.25) is 9.59 Å². The van der Waals surface area contributed by atoms with Crippen molar-refractivity contribution in [2.24, 2.45) is 0 Å². The normalized spacial score (nSPS) is 14.6. The van der Waals surface area contributed by atoms with E-state index in [9.17, 15) is 9.59 Å². The number of fused-ring (bicyclic) bond motifs is 1. The van der Waals surface area contributed by atoms with Gasteiger partial charge in [-0.2, -0.15) is 0 Å². The van der Waals surface area contributed by atoms with Gasteiger partial charge in [0.2, 0.25) is 5.91 Å². The van der Waals surface area contributed by atoms with Crippen LogP contribution in [0.4, 0.5) is 5.82 Å². The molecule has 0 aromatic carbocycles. The predicted octanol–water partition coefficient (Wildman–Crippen LogP) is 1.99. The molecule has 2 amide bonds. The number of aryl methyl sites for hydroxylation is 1. The Morgan fingerprint density at radius 1 is 1.22 bits per heavy atom. The maximum absolute atomic E-state index is 12.5. The van der Waals surface area contributed by atoms with E-state index in [1.807, 2.05) is 13.0 Å². The number of nitrogens with zero attached hydrogens (tertiary/aromatic N) is 4. The highest BCUT2D eigenvalue weighted by atomic mass is 32.1. The monoisotopic (exact) mass is 385 g/mol. The van der Waals surface area contributed by atoms with Crippen LogP contribution < -0.4 is 5.32 Å². The molecule has 3 aromatic rings. The highest BCUT2D eigenvalue weighted by molar-refractivity contribution is 7.18. The van der Waals surface area contributed by atoms with E-state index in [0.29, 0.717) is 37.8 Å². The molecule has 0 radical (unpaired) electrons. The summed E-state index contributed by atoms with van der Waals surface area (Å²) in [5.74, 6) is 0.847. The molecule has 4 heterocycles. The van der Waals surface area contributed by atoms with Gasteiger partial charge in [-0.05, 0) is 25.1 Å². The number of amides is 2. The van der Waals surface area contributed by atoms with Crippen LogP contribution in [0.15, 0.2) is 35.2 Å². The van der Waals surface area contributed by atoms with Crippen LogP contribution in [0.5, 0.6) is 0 Å². The highest BCUT2D eigenvalue weighted by Crippen LogP contribution is 2.27. The number of thiophene rings is 1. The molecule has 9 heteroatoms. The zero-order valence-electron chi connectivity index (χ0n) is 14.8. The Balaban J connectivity index is 1.32. The van der Waals surface area contributed by atoms with Gasteiger partial charge in [0.25, 0.3) is 5.91 Å². The smallest absolute Gasteiger partial charge is 0.289 e. The standard InChI is InChI=1S/C18H19N5O3S/c1-12-9-13-16(20-11-21-17(13)27-12)19-10-15(24)22-4-6-23(7-5-22)18(25)14-3-2-8-26-14/h2-3,8-9,11H,4-7,10H2,1H3,(H,19,20,21). The summed E-state index contributed by atoms with van der Waals surface area (Å²) in [6.45, 7) is 4.17. The van der Waals surface area contributed by atoms with E-state index in [4.69, 9.17) is 4.42 Å². The lowest BCUT2D eigenvalue weighted by Gasteiger charge is -2.34. The predicted molar refractivity (Wildman–Crippen MR) is 102 cm³/mol. The van der Waals surface area contributed by atoms with Gasteiger partial charge >= 0.3 is 0 Å². The third kappa shape index (κ3) is 3.63. The SMILES string of the molecule is Cc1cc2c(NCC(=O)N3CCN(C(=O)c4ccco4)CC3)ncnc2s1. The molecule has 8 nitrogen and oxygen atoms in total. The van der Waals surface area contributed by atoms with E-state index >= 15 is 0 Å². The van der Waals surface area contributed by atoms with Crippen LogP contribution in [0.2, 0.25) is 0 Å². The van der Waals surface area contributed by atoms with Crippen LogP contribution >= 0.6 is 11.3 Å². The van der Waals surface area contributed by atoms with E-state index in [1.54, 1.807) is 33.3 Å². The summed E-state index contributed by atoms with van der Waals surface area (Å²) in [7, 11) is 0. The van der Waals surface area contributed by atoms with Crippen molar-refractivity contribution in [2.75, 3.05) is 38.0 Å². The van der Waals surface area contributed by atoms with Gasteiger partial charge in [-0.15, -0.1) is 11.3 Å². The number of hydrogen-bond acceptors (Lipinski definition) is 7. The number of anilines is 1. The zero-order valence-corrected chi connectivity index (χ0v) is 15.7. The Morgan fingerprint density at radius 2 is 2.00 bits per heavy atom. The molecular weight excluding hydrogens is 366 g/mol. The van der Waals surface area contributed by atoms with Gasteiger partial charge in [0.15, 0.2) is 5.76 Å². The number of piperazine rings is 1. The third-order valence-corrected chi connectivity index (χ3v) is 5.47. The molecule has 0 spiro atoms. The Labute approximate surface area is 159 Å². The second-order valence-electron chi connectivity index (χ2n) is 6.30. The van der Waals surface area contributed by atoms with Crippen LogP contribution in [-0.2, 0) is 4.79 Å². The molecule has 0 unspecified atom stereocenters. The topological polar surface area (TPSA) is 91.6 Å². The first-order chi connectivity index (χ1) is 13.1. The van der Waals surface area contributed by atoms with Crippen molar-refractivity contribution < 1.29 is 14.0 Å². The van der Waals surface area contributed by atoms with Crippen molar-refractivity contribution >= 4 is 39.2 Å². The van der Waals surface area contributed by atoms with E-state index in [0.717, 1.165) is 15.1 Å². The Kier molecular flexibility index (Phi) is 4.76. The summed E-state index contributed by atoms with van der Waals surface area (Å²) in [5.41, 5.74) is 0. The van der Waals surface area contributed by atoms with E-state index in [2.05, 4.69) is 15.3 Å². The number of furan rings is 1. The molecule has 1 aliphatic heterocycles. The highest BCUT2D eigenvalue weighted by Gasteiger charge is 2.26. The lowest BCUT2D eigenvalue weighted by molar-refractivity contribution is -0.130.